The molecular formula is C15H10BrN3O. The van der Waals surface area contributed by atoms with Crippen molar-refractivity contribution >= 4 is 38.9 Å². The second-order valence-corrected chi connectivity index (χ2v) is 5.32. The third kappa shape index (κ3) is 2.15. The second kappa shape index (κ2) is 4.99. The lowest BCUT2D eigenvalue weighted by Gasteiger charge is -2.30. The molecule has 98 valence electrons. The molecule has 1 aliphatic rings. The van der Waals surface area contributed by atoms with E-state index in [-0.39, 0.29) is 12.5 Å². The van der Waals surface area contributed by atoms with Gasteiger partial charge in [0.1, 0.15) is 0 Å². The Hall–Kier alpha value is -2.32. The minimum Gasteiger partial charge on any atom is -0.374 e. The largest absolute Gasteiger partial charge is 0.374 e. The molecule has 1 aliphatic heterocycles. The van der Waals surface area contributed by atoms with Crippen molar-refractivity contribution in [1.82, 2.24) is 0 Å². The molecule has 0 aliphatic carbocycles. The van der Waals surface area contributed by atoms with Crippen molar-refractivity contribution in [3.63, 3.8) is 0 Å². The third-order valence-corrected chi connectivity index (χ3v) is 3.63. The van der Waals surface area contributed by atoms with Crippen LogP contribution in [0.2, 0.25) is 0 Å². The molecule has 0 spiro atoms. The van der Waals surface area contributed by atoms with Gasteiger partial charge in [-0.2, -0.15) is 5.26 Å². The van der Waals surface area contributed by atoms with Gasteiger partial charge in [-0.05, 0) is 42.5 Å². The van der Waals surface area contributed by atoms with Crippen LogP contribution in [0.3, 0.4) is 0 Å². The molecule has 1 heterocycles. The van der Waals surface area contributed by atoms with E-state index in [1.54, 1.807) is 29.2 Å². The normalized spacial score (nSPS) is 13.4. The lowest BCUT2D eigenvalue weighted by Crippen LogP contribution is -2.36. The SMILES string of the molecule is N#Cc1ccc(N2C(=O)CNc3cc(Br)ccc32)cc1. The molecule has 2 aromatic rings. The Balaban J connectivity index is 2.08. The smallest absolute Gasteiger partial charge is 0.250 e. The lowest BCUT2D eigenvalue weighted by molar-refractivity contribution is -0.116. The molecule has 20 heavy (non-hydrogen) atoms. The van der Waals surface area contributed by atoms with Crippen LogP contribution in [-0.4, -0.2) is 12.5 Å². The number of carbonyl (C=O) groups excluding carboxylic acids is 1. The van der Waals surface area contributed by atoms with Crippen molar-refractivity contribution in [3.8, 4) is 6.07 Å². The van der Waals surface area contributed by atoms with Crippen LogP contribution in [0, 0.1) is 11.3 Å². The molecule has 0 bridgehead atoms. The maximum atomic E-state index is 12.2. The van der Waals surface area contributed by atoms with Crippen LogP contribution in [0.1, 0.15) is 5.56 Å². The van der Waals surface area contributed by atoms with E-state index < -0.39 is 0 Å². The zero-order valence-electron chi connectivity index (χ0n) is 10.4. The number of nitrogens with zero attached hydrogens (tertiary/aromatic N) is 2. The topological polar surface area (TPSA) is 56.1 Å². The first-order chi connectivity index (χ1) is 9.69. The summed E-state index contributed by atoms with van der Waals surface area (Å²) in [6, 6.07) is 14.8. The maximum absolute atomic E-state index is 12.2. The van der Waals surface area contributed by atoms with E-state index in [0.717, 1.165) is 21.5 Å². The van der Waals surface area contributed by atoms with Crippen molar-refractivity contribution in [2.45, 2.75) is 0 Å². The van der Waals surface area contributed by atoms with Crippen molar-refractivity contribution in [1.29, 1.82) is 5.26 Å². The zero-order chi connectivity index (χ0) is 14.1. The van der Waals surface area contributed by atoms with Gasteiger partial charge in [-0.15, -0.1) is 0 Å². The Labute approximate surface area is 124 Å². The summed E-state index contributed by atoms with van der Waals surface area (Å²) in [5.74, 6) is -0.0236. The summed E-state index contributed by atoms with van der Waals surface area (Å²) in [6.45, 7) is 0.253. The molecule has 0 radical (unpaired) electrons. The highest BCUT2D eigenvalue weighted by atomic mass is 79.9. The van der Waals surface area contributed by atoms with Gasteiger partial charge < -0.3 is 5.32 Å². The molecule has 4 nitrogen and oxygen atoms in total. The number of hydrogen-bond donors (Lipinski definition) is 1. The minimum atomic E-state index is -0.0236. The molecular weight excluding hydrogens is 318 g/mol. The van der Waals surface area contributed by atoms with Gasteiger partial charge in [0.05, 0.1) is 29.6 Å². The van der Waals surface area contributed by atoms with Crippen molar-refractivity contribution in [2.24, 2.45) is 0 Å². The molecule has 2 aromatic carbocycles. The minimum absolute atomic E-state index is 0.0236. The van der Waals surface area contributed by atoms with Crippen LogP contribution < -0.4 is 10.2 Å². The Morgan fingerprint density at radius 1 is 1.20 bits per heavy atom. The average Bonchev–Trinajstić information content (AvgIpc) is 2.48. The van der Waals surface area contributed by atoms with Crippen LogP contribution >= 0.6 is 15.9 Å². The highest BCUT2D eigenvalue weighted by molar-refractivity contribution is 9.10. The molecule has 1 amide bonds. The van der Waals surface area contributed by atoms with Crippen LogP contribution in [0.4, 0.5) is 17.1 Å². The summed E-state index contributed by atoms with van der Waals surface area (Å²) in [6.07, 6.45) is 0. The Morgan fingerprint density at radius 2 is 1.95 bits per heavy atom. The van der Waals surface area contributed by atoms with Crippen LogP contribution in [0.5, 0.6) is 0 Å². The molecule has 0 fully saturated rings. The van der Waals surface area contributed by atoms with Crippen molar-refractivity contribution in [3.05, 3.63) is 52.5 Å². The molecule has 0 aromatic heterocycles. The van der Waals surface area contributed by atoms with Gasteiger partial charge in [-0.25, -0.2) is 0 Å². The summed E-state index contributed by atoms with van der Waals surface area (Å²) in [4.78, 5) is 13.8. The fourth-order valence-electron chi connectivity index (χ4n) is 2.20. The van der Waals surface area contributed by atoms with Gasteiger partial charge in [0.15, 0.2) is 0 Å². The summed E-state index contributed by atoms with van der Waals surface area (Å²) < 4.78 is 0.956. The average molecular weight is 328 g/mol. The number of amides is 1. The predicted octanol–water partition coefficient (Wildman–Crippen LogP) is 3.41. The molecule has 3 rings (SSSR count). The predicted molar refractivity (Wildman–Crippen MR) is 80.9 cm³/mol. The van der Waals surface area contributed by atoms with E-state index in [0.29, 0.717) is 5.56 Å². The number of rotatable bonds is 1. The van der Waals surface area contributed by atoms with E-state index >= 15 is 0 Å². The standard InChI is InChI=1S/C15H10BrN3O/c16-11-3-6-14-13(7-11)18-9-15(20)19(14)12-4-1-10(8-17)2-5-12/h1-7,18H,9H2. The number of nitrogens with one attached hydrogen (secondary N) is 1. The lowest BCUT2D eigenvalue weighted by atomic mass is 10.1. The van der Waals surface area contributed by atoms with Gasteiger partial charge in [0.25, 0.3) is 5.91 Å². The van der Waals surface area contributed by atoms with E-state index in [9.17, 15) is 4.79 Å². The second-order valence-electron chi connectivity index (χ2n) is 4.40. The number of anilines is 3. The fraction of sp³-hybridized carbons (Fsp3) is 0.0667. The van der Waals surface area contributed by atoms with Gasteiger partial charge in [0, 0.05) is 10.2 Å². The number of carbonyl (C=O) groups is 1. The number of benzene rings is 2. The summed E-state index contributed by atoms with van der Waals surface area (Å²) in [5.41, 5.74) is 3.06. The third-order valence-electron chi connectivity index (χ3n) is 3.13. The summed E-state index contributed by atoms with van der Waals surface area (Å²) in [7, 11) is 0. The Kier molecular flexibility index (Phi) is 3.17. The molecule has 0 atom stereocenters. The van der Waals surface area contributed by atoms with Crippen molar-refractivity contribution < 1.29 is 4.79 Å². The first kappa shape index (κ1) is 12.7. The molecule has 5 heteroatoms. The molecule has 1 N–H and O–H groups in total. The van der Waals surface area contributed by atoms with Gasteiger partial charge >= 0.3 is 0 Å². The highest BCUT2D eigenvalue weighted by Crippen LogP contribution is 2.36. The van der Waals surface area contributed by atoms with Crippen LogP contribution in [-0.2, 0) is 4.79 Å². The molecule has 0 saturated heterocycles. The highest BCUT2D eigenvalue weighted by Gasteiger charge is 2.25. The van der Waals surface area contributed by atoms with E-state index in [2.05, 4.69) is 27.3 Å². The van der Waals surface area contributed by atoms with Gasteiger partial charge in [-0.1, -0.05) is 15.9 Å². The maximum Gasteiger partial charge on any atom is 0.250 e. The molecule has 0 saturated carbocycles. The first-order valence-electron chi connectivity index (χ1n) is 6.05. The zero-order valence-corrected chi connectivity index (χ0v) is 12.0. The van der Waals surface area contributed by atoms with Gasteiger partial charge in [-0.3, -0.25) is 9.69 Å². The number of hydrogen-bond acceptors (Lipinski definition) is 3. The summed E-state index contributed by atoms with van der Waals surface area (Å²) >= 11 is 3.42. The van der Waals surface area contributed by atoms with Gasteiger partial charge in [0.2, 0.25) is 0 Å². The van der Waals surface area contributed by atoms with Crippen LogP contribution in [0.15, 0.2) is 46.9 Å². The Bertz CT molecular complexity index is 719. The fourth-order valence-corrected chi connectivity index (χ4v) is 2.56. The van der Waals surface area contributed by atoms with Crippen molar-refractivity contribution in [2.75, 3.05) is 16.8 Å². The Morgan fingerprint density at radius 3 is 2.65 bits per heavy atom. The van der Waals surface area contributed by atoms with E-state index in [1.807, 2.05) is 18.2 Å². The first-order valence-corrected chi connectivity index (χ1v) is 6.85. The van der Waals surface area contributed by atoms with Crippen LogP contribution in [0.25, 0.3) is 0 Å². The number of nitriles is 1. The quantitative estimate of drug-likeness (QED) is 0.873. The number of fused-ring (bicyclic) bond motifs is 1. The summed E-state index contributed by atoms with van der Waals surface area (Å²) in [5, 5.41) is 11.9. The van der Waals surface area contributed by atoms with E-state index in [4.69, 9.17) is 5.26 Å². The van der Waals surface area contributed by atoms with E-state index in [1.165, 1.54) is 0 Å². The number of halogens is 1. The monoisotopic (exact) mass is 327 g/mol. The molecule has 0 unspecified atom stereocenters.